The number of carbonyl (C=O) groups excluding carboxylic acids is 5. The molecule has 1 fully saturated rings. The van der Waals surface area contributed by atoms with Gasteiger partial charge in [-0.15, -0.1) is 0 Å². The van der Waals surface area contributed by atoms with Gasteiger partial charge in [-0.25, -0.2) is 4.79 Å². The molecule has 2 rings (SSSR count). The van der Waals surface area contributed by atoms with Crippen LogP contribution >= 0.6 is 0 Å². The van der Waals surface area contributed by atoms with Crippen LogP contribution < -0.4 is 16.4 Å². The molecule has 50 heavy (non-hydrogen) atoms. The van der Waals surface area contributed by atoms with Crippen LogP contribution in [0.3, 0.4) is 0 Å². The van der Waals surface area contributed by atoms with Crippen LogP contribution in [0, 0.1) is 18.8 Å². The number of nitrogens with two attached hydrogens (primary N) is 1. The molecule has 1 aromatic rings. The minimum absolute atomic E-state index is 0.00213. The molecule has 0 radical (unpaired) electrons. The van der Waals surface area contributed by atoms with Gasteiger partial charge in [-0.1, -0.05) is 51.5 Å². The summed E-state index contributed by atoms with van der Waals surface area (Å²) in [6.07, 6.45) is 1.77. The number of esters is 1. The van der Waals surface area contributed by atoms with Crippen LogP contribution in [0.1, 0.15) is 77.8 Å². The second kappa shape index (κ2) is 19.7. The number of carbonyl (C=O) groups is 5. The average Bonchev–Trinajstić information content (AvgIpc) is 3.57. The number of ether oxygens (including phenoxy) is 3. The maximum atomic E-state index is 14.0. The van der Waals surface area contributed by atoms with Gasteiger partial charge in [-0.2, -0.15) is 0 Å². The number of nitrogens with one attached hydrogen (secondary N) is 2. The summed E-state index contributed by atoms with van der Waals surface area (Å²) >= 11 is 0. The van der Waals surface area contributed by atoms with Gasteiger partial charge in [0.25, 0.3) is 0 Å². The smallest absolute Gasteiger partial charge is 0.328 e. The number of likely N-dealkylation sites (tertiary alicyclic amines) is 1. The molecule has 4 N–H and O–H groups in total. The van der Waals surface area contributed by atoms with Crippen LogP contribution in [0.4, 0.5) is 0 Å². The number of amides is 4. The van der Waals surface area contributed by atoms with Gasteiger partial charge in [0.05, 0.1) is 55.8 Å². The third-order valence-electron chi connectivity index (χ3n) is 10.1. The van der Waals surface area contributed by atoms with Crippen LogP contribution in [0.25, 0.3) is 0 Å². The minimum atomic E-state index is -1.13. The normalized spacial score (nSPS) is 18.3. The Hall–Kier alpha value is -3.55. The number of methoxy groups -OCH3 is 3. The fourth-order valence-electron chi connectivity index (χ4n) is 6.72. The molecule has 0 spiro atoms. The molecule has 1 aliphatic heterocycles. The fourth-order valence-corrected chi connectivity index (χ4v) is 6.72. The Balaban J connectivity index is 2.18. The van der Waals surface area contributed by atoms with Crippen LogP contribution in [0.15, 0.2) is 24.3 Å². The van der Waals surface area contributed by atoms with Gasteiger partial charge in [0, 0.05) is 27.8 Å². The van der Waals surface area contributed by atoms with Gasteiger partial charge in [0.1, 0.15) is 6.04 Å². The molecule has 0 unspecified atom stereocenters. The summed E-state index contributed by atoms with van der Waals surface area (Å²) in [5.41, 5.74) is 6.91. The molecule has 1 saturated heterocycles. The zero-order valence-corrected chi connectivity index (χ0v) is 31.7. The van der Waals surface area contributed by atoms with Crippen molar-refractivity contribution in [3.63, 3.8) is 0 Å². The van der Waals surface area contributed by atoms with Gasteiger partial charge in [0.2, 0.25) is 23.6 Å². The first-order valence-corrected chi connectivity index (χ1v) is 17.6. The lowest BCUT2D eigenvalue weighted by molar-refractivity contribution is -0.148. The summed E-state index contributed by atoms with van der Waals surface area (Å²) in [7, 11) is 5.99. The molecule has 0 saturated carbocycles. The lowest BCUT2D eigenvalue weighted by atomic mass is 9.90. The zero-order chi connectivity index (χ0) is 37.8. The van der Waals surface area contributed by atoms with E-state index in [2.05, 4.69) is 10.6 Å². The number of benzene rings is 1. The topological polar surface area (TPSA) is 170 Å². The van der Waals surface area contributed by atoms with E-state index in [9.17, 15) is 24.0 Å². The van der Waals surface area contributed by atoms with Crippen molar-refractivity contribution in [2.75, 3.05) is 41.5 Å². The predicted octanol–water partition coefficient (Wildman–Crippen LogP) is 2.36. The quantitative estimate of drug-likeness (QED) is 0.183. The van der Waals surface area contributed by atoms with E-state index in [1.807, 2.05) is 45.0 Å². The highest BCUT2D eigenvalue weighted by atomic mass is 16.5. The lowest BCUT2D eigenvalue weighted by Gasteiger charge is -2.39. The maximum absolute atomic E-state index is 14.0. The lowest BCUT2D eigenvalue weighted by Crippen LogP contribution is -2.56. The molecule has 13 nitrogen and oxygen atoms in total. The summed E-state index contributed by atoms with van der Waals surface area (Å²) in [5.74, 6) is -2.56. The van der Waals surface area contributed by atoms with Gasteiger partial charge < -0.3 is 40.4 Å². The van der Waals surface area contributed by atoms with E-state index in [1.54, 1.807) is 37.6 Å². The van der Waals surface area contributed by atoms with Crippen molar-refractivity contribution in [2.45, 2.75) is 116 Å². The van der Waals surface area contributed by atoms with Gasteiger partial charge in [-0.05, 0) is 63.5 Å². The molecular formula is C37H61N5O8. The number of nitrogens with zero attached hydrogens (tertiary/aromatic N) is 2. The highest BCUT2D eigenvalue weighted by Crippen LogP contribution is 2.29. The van der Waals surface area contributed by atoms with E-state index in [4.69, 9.17) is 19.9 Å². The number of hydrogen-bond acceptors (Lipinski definition) is 9. The van der Waals surface area contributed by atoms with Crippen molar-refractivity contribution in [1.82, 2.24) is 20.4 Å². The number of likely N-dealkylation sites (N-methyl/N-ethyl adjacent to an activating group) is 1. The Morgan fingerprint density at radius 1 is 1.08 bits per heavy atom. The van der Waals surface area contributed by atoms with E-state index >= 15 is 0 Å². The Bertz CT molecular complexity index is 1300. The second-order valence-corrected chi connectivity index (χ2v) is 14.1. The first-order chi connectivity index (χ1) is 23.5. The largest absolute Gasteiger partial charge is 0.467 e. The number of rotatable bonds is 19. The summed E-state index contributed by atoms with van der Waals surface area (Å²) < 4.78 is 16.8. The van der Waals surface area contributed by atoms with Gasteiger partial charge >= 0.3 is 5.97 Å². The van der Waals surface area contributed by atoms with Gasteiger partial charge in [-0.3, -0.25) is 19.2 Å². The van der Waals surface area contributed by atoms with Crippen LogP contribution in [0.5, 0.6) is 0 Å². The van der Waals surface area contributed by atoms with E-state index in [1.165, 1.54) is 21.3 Å². The Morgan fingerprint density at radius 3 is 2.30 bits per heavy atom. The molecular weight excluding hydrogens is 642 g/mol. The first-order valence-electron chi connectivity index (χ1n) is 17.6. The number of aryl methyl sites for hydroxylation is 2. The van der Waals surface area contributed by atoms with Crippen molar-refractivity contribution < 1.29 is 38.2 Å². The summed E-state index contributed by atoms with van der Waals surface area (Å²) in [4.78, 5) is 69.1. The summed E-state index contributed by atoms with van der Waals surface area (Å²) in [5, 5.41) is 5.47. The van der Waals surface area contributed by atoms with Crippen LogP contribution in [0.2, 0.25) is 0 Å². The predicted molar refractivity (Wildman–Crippen MR) is 191 cm³/mol. The molecule has 1 heterocycles. The van der Waals surface area contributed by atoms with Crippen molar-refractivity contribution in [3.8, 4) is 0 Å². The van der Waals surface area contributed by atoms with Crippen molar-refractivity contribution in [3.05, 3.63) is 35.4 Å². The molecule has 282 valence electrons. The molecule has 7 atom stereocenters. The number of hydrogen-bond donors (Lipinski definition) is 3. The fraction of sp³-hybridized carbons (Fsp3) is 0.703. The molecule has 13 heteroatoms. The minimum Gasteiger partial charge on any atom is -0.467 e. The summed E-state index contributed by atoms with van der Waals surface area (Å²) in [6, 6.07) is 6.22. The summed E-state index contributed by atoms with van der Waals surface area (Å²) in [6.45, 7) is 11.1. The highest BCUT2D eigenvalue weighted by molar-refractivity contribution is 5.89. The van der Waals surface area contributed by atoms with Crippen molar-refractivity contribution >= 4 is 29.6 Å². The van der Waals surface area contributed by atoms with E-state index in [-0.39, 0.29) is 42.6 Å². The molecule has 1 aliphatic rings. The molecule has 1 aromatic carbocycles. The average molecular weight is 704 g/mol. The van der Waals surface area contributed by atoms with Crippen molar-refractivity contribution in [1.29, 1.82) is 0 Å². The standard InChI is InChI=1S/C37H61N5O8/c1-11-23(2)32(41(7)31(44)22-39-36(47)37(5,6)38)29(48-8)21-30(43)42-20-14-17-28(42)33(49-9)25(4)34(45)40-27(35(46)50-10)19-18-26-16-13-12-15-24(26)3/h12-13,15-16,23,25,27-29,32-33H,11,14,17-22,38H2,1-10H3,(H,39,47)(H,40,45)/t23-,25+,27-,28-,29+,32-,33+/m0/s1. The third-order valence-corrected chi connectivity index (χ3v) is 10.1. The van der Waals surface area contributed by atoms with Crippen LogP contribution in [-0.4, -0.2) is 117 Å². The second-order valence-electron chi connectivity index (χ2n) is 14.1. The van der Waals surface area contributed by atoms with E-state index in [0.717, 1.165) is 24.0 Å². The SMILES string of the molecule is CC[C@H](C)[C@@H]([C@@H](CC(=O)N1CCC[C@H]1[C@H](OC)[C@@H](C)C(=O)N[C@@H](CCc1ccccc1C)C(=O)OC)OC)N(C)C(=O)CNC(=O)C(C)(C)N. The Labute approximate surface area is 298 Å². The monoisotopic (exact) mass is 703 g/mol. The first kappa shape index (κ1) is 42.6. The zero-order valence-electron chi connectivity index (χ0n) is 31.7. The van der Waals surface area contributed by atoms with Crippen molar-refractivity contribution in [2.24, 2.45) is 17.6 Å². The van der Waals surface area contributed by atoms with Crippen LogP contribution in [-0.2, 0) is 44.6 Å². The highest BCUT2D eigenvalue weighted by Gasteiger charge is 2.42. The molecule has 0 bridgehead atoms. The maximum Gasteiger partial charge on any atom is 0.328 e. The van der Waals surface area contributed by atoms with E-state index < -0.39 is 47.6 Å². The van der Waals surface area contributed by atoms with Gasteiger partial charge in [0.15, 0.2) is 0 Å². The molecule has 0 aromatic heterocycles. The Kier molecular flexibility index (Phi) is 16.8. The third kappa shape index (κ3) is 11.5. The molecule has 4 amide bonds. The molecule has 0 aliphatic carbocycles. The van der Waals surface area contributed by atoms with E-state index in [0.29, 0.717) is 25.8 Å². The Morgan fingerprint density at radius 2 is 1.74 bits per heavy atom.